The average Bonchev–Trinajstić information content (AvgIpc) is 2.36. The van der Waals surface area contributed by atoms with E-state index < -0.39 is 6.04 Å². The van der Waals surface area contributed by atoms with E-state index in [0.717, 1.165) is 10.1 Å². The molecule has 1 heterocycles. The molecule has 0 radical (unpaired) electrons. The van der Waals surface area contributed by atoms with Crippen molar-refractivity contribution in [2.45, 2.75) is 13.0 Å². The Balaban J connectivity index is 2.72. The van der Waals surface area contributed by atoms with E-state index in [2.05, 4.69) is 0 Å². The Morgan fingerprint density at radius 3 is 2.43 bits per heavy atom. The lowest BCUT2D eigenvalue weighted by Crippen LogP contribution is -2.46. The van der Waals surface area contributed by atoms with Gasteiger partial charge in [-0.1, -0.05) is 0 Å². The molecule has 0 spiro atoms. The molecule has 1 unspecified atom stereocenters. The normalized spacial score (nSPS) is 25.0. The van der Waals surface area contributed by atoms with Crippen molar-refractivity contribution in [3.8, 4) is 0 Å². The lowest BCUT2D eigenvalue weighted by Gasteiger charge is -2.37. The minimum absolute atomic E-state index is 0.0551. The first-order valence-electron chi connectivity index (χ1n) is 4.40. The minimum atomic E-state index is -0.784. The molecule has 1 aliphatic rings. The third-order valence-corrected chi connectivity index (χ3v) is 2.06. The quantitative estimate of drug-likeness (QED) is 0.557. The summed E-state index contributed by atoms with van der Waals surface area (Å²) in [5, 5.41) is 31.5. The number of rotatable bonds is 4. The number of aliphatic hydroxyl groups is 2. The summed E-state index contributed by atoms with van der Waals surface area (Å²) in [7, 11) is 0. The smallest absolute Gasteiger partial charge is 0.255 e. The second-order valence-electron chi connectivity index (χ2n) is 2.98. The SMILES string of the molecule is CC1C(=O)N(CCO)N(CCO)N1[O-]. The molecular weight excluding hydrogens is 190 g/mol. The zero-order chi connectivity index (χ0) is 10.7. The predicted molar refractivity (Wildman–Crippen MR) is 47.3 cm³/mol. The molecule has 14 heavy (non-hydrogen) atoms. The van der Waals surface area contributed by atoms with Gasteiger partial charge in [-0.15, -0.1) is 0 Å². The Morgan fingerprint density at radius 1 is 1.36 bits per heavy atom. The van der Waals surface area contributed by atoms with Crippen LogP contribution in [0.25, 0.3) is 0 Å². The molecule has 1 fully saturated rings. The number of aliphatic hydroxyl groups excluding tert-OH is 2. The Labute approximate surface area is 81.6 Å². The molecule has 82 valence electrons. The number of hydrazine groups is 2. The van der Waals surface area contributed by atoms with Crippen LogP contribution in [0.3, 0.4) is 0 Å². The summed E-state index contributed by atoms with van der Waals surface area (Å²) < 4.78 is 0. The molecule has 0 saturated carbocycles. The van der Waals surface area contributed by atoms with Crippen LogP contribution in [-0.4, -0.2) is 63.8 Å². The molecule has 0 aromatic rings. The zero-order valence-electron chi connectivity index (χ0n) is 7.96. The maximum Gasteiger partial charge on any atom is 0.255 e. The fourth-order valence-corrected chi connectivity index (χ4v) is 1.36. The number of hydroxylamine groups is 1. The number of β-amino-alcohol motifs (C(OH)–C–C–N with tert-alkyl or cyclic N) is 2. The summed E-state index contributed by atoms with van der Waals surface area (Å²) in [5.41, 5.74) is 0. The van der Waals surface area contributed by atoms with Gasteiger partial charge in [-0.25, -0.2) is 0 Å². The summed E-state index contributed by atoms with van der Waals surface area (Å²) in [6.45, 7) is 1.17. The second-order valence-corrected chi connectivity index (χ2v) is 2.98. The summed E-state index contributed by atoms with van der Waals surface area (Å²) in [6, 6.07) is -0.784. The van der Waals surface area contributed by atoms with Gasteiger partial charge < -0.3 is 15.4 Å². The van der Waals surface area contributed by atoms with Crippen molar-refractivity contribution in [1.29, 1.82) is 0 Å². The van der Waals surface area contributed by atoms with Crippen LogP contribution in [0.1, 0.15) is 6.92 Å². The highest BCUT2D eigenvalue weighted by Crippen LogP contribution is 2.17. The highest BCUT2D eigenvalue weighted by atomic mass is 16.6. The Hall–Kier alpha value is -0.730. The summed E-state index contributed by atoms with van der Waals surface area (Å²) in [6.07, 6.45) is 0. The summed E-state index contributed by atoms with van der Waals surface area (Å²) in [5.74, 6) is -0.359. The van der Waals surface area contributed by atoms with Crippen LogP contribution in [0, 0.1) is 5.21 Å². The van der Waals surface area contributed by atoms with Gasteiger partial charge in [0.05, 0.1) is 32.3 Å². The van der Waals surface area contributed by atoms with E-state index in [9.17, 15) is 10.0 Å². The maximum absolute atomic E-state index is 11.4. The fraction of sp³-hybridized carbons (Fsp3) is 0.857. The minimum Gasteiger partial charge on any atom is -0.770 e. The van der Waals surface area contributed by atoms with Gasteiger partial charge in [0.25, 0.3) is 5.91 Å². The van der Waals surface area contributed by atoms with Gasteiger partial charge in [0.1, 0.15) is 0 Å². The van der Waals surface area contributed by atoms with Crippen LogP contribution < -0.4 is 0 Å². The zero-order valence-corrected chi connectivity index (χ0v) is 7.96. The van der Waals surface area contributed by atoms with Crippen LogP contribution in [0.2, 0.25) is 0 Å². The number of hydrogen-bond donors (Lipinski definition) is 2. The van der Waals surface area contributed by atoms with Crippen LogP contribution in [0.4, 0.5) is 0 Å². The number of nitrogens with zero attached hydrogens (tertiary/aromatic N) is 3. The van der Waals surface area contributed by atoms with E-state index in [-0.39, 0.29) is 32.2 Å². The molecule has 7 heteroatoms. The first-order valence-corrected chi connectivity index (χ1v) is 4.40. The van der Waals surface area contributed by atoms with E-state index in [4.69, 9.17) is 10.2 Å². The van der Waals surface area contributed by atoms with Gasteiger partial charge in [-0.2, -0.15) is 5.12 Å². The van der Waals surface area contributed by atoms with Crippen LogP contribution in [0.5, 0.6) is 0 Å². The monoisotopic (exact) mass is 204 g/mol. The van der Waals surface area contributed by atoms with E-state index in [1.807, 2.05) is 0 Å². The van der Waals surface area contributed by atoms with Gasteiger partial charge in [0.15, 0.2) is 0 Å². The molecule has 7 nitrogen and oxygen atoms in total. The summed E-state index contributed by atoms with van der Waals surface area (Å²) >= 11 is 0. The molecule has 1 aliphatic heterocycles. The van der Waals surface area contributed by atoms with E-state index in [1.54, 1.807) is 0 Å². The van der Waals surface area contributed by atoms with Gasteiger partial charge in [0, 0.05) is 0 Å². The van der Waals surface area contributed by atoms with Crippen molar-refractivity contribution in [3.63, 3.8) is 0 Å². The molecule has 0 aliphatic carbocycles. The van der Waals surface area contributed by atoms with Gasteiger partial charge in [-0.05, 0) is 6.92 Å². The third-order valence-electron chi connectivity index (χ3n) is 2.06. The molecule has 1 rings (SSSR count). The summed E-state index contributed by atoms with van der Waals surface area (Å²) in [4.78, 5) is 11.4. The largest absolute Gasteiger partial charge is 0.770 e. The van der Waals surface area contributed by atoms with E-state index >= 15 is 0 Å². The van der Waals surface area contributed by atoms with Crippen LogP contribution >= 0.6 is 0 Å². The molecule has 0 bridgehead atoms. The molecule has 2 N–H and O–H groups in total. The molecule has 0 aromatic carbocycles. The molecule has 1 amide bonds. The highest BCUT2D eigenvalue weighted by molar-refractivity contribution is 5.82. The second kappa shape index (κ2) is 4.67. The van der Waals surface area contributed by atoms with Crippen LogP contribution in [0.15, 0.2) is 0 Å². The molecule has 1 saturated heterocycles. The Bertz CT molecular complexity index is 213. The van der Waals surface area contributed by atoms with Crippen LogP contribution in [-0.2, 0) is 4.79 Å². The van der Waals surface area contributed by atoms with Crippen molar-refractivity contribution in [3.05, 3.63) is 5.21 Å². The first kappa shape index (κ1) is 11.3. The Morgan fingerprint density at radius 2 is 1.93 bits per heavy atom. The average molecular weight is 204 g/mol. The molecule has 0 aromatic heterocycles. The number of carbonyl (C=O) groups is 1. The van der Waals surface area contributed by atoms with Gasteiger partial charge in [-0.3, -0.25) is 15.0 Å². The van der Waals surface area contributed by atoms with Crippen molar-refractivity contribution < 1.29 is 15.0 Å². The lowest BCUT2D eigenvalue weighted by molar-refractivity contribution is -0.150. The van der Waals surface area contributed by atoms with Gasteiger partial charge >= 0.3 is 0 Å². The number of carbonyl (C=O) groups excluding carboxylic acids is 1. The lowest BCUT2D eigenvalue weighted by atomic mass is 10.3. The molecular formula is C7H14N3O4-. The number of hydrogen-bond acceptors (Lipinski definition) is 6. The van der Waals surface area contributed by atoms with Crippen molar-refractivity contribution >= 4 is 5.91 Å². The van der Waals surface area contributed by atoms with Gasteiger partial charge in [0.2, 0.25) is 0 Å². The van der Waals surface area contributed by atoms with Crippen molar-refractivity contribution in [1.82, 2.24) is 15.3 Å². The fourth-order valence-electron chi connectivity index (χ4n) is 1.36. The Kier molecular flexibility index (Phi) is 3.78. The molecule has 1 atom stereocenters. The highest BCUT2D eigenvalue weighted by Gasteiger charge is 2.36. The predicted octanol–water partition coefficient (Wildman–Crippen LogP) is -1.87. The first-order chi connectivity index (χ1) is 6.63. The van der Waals surface area contributed by atoms with Crippen molar-refractivity contribution in [2.75, 3.05) is 26.3 Å². The van der Waals surface area contributed by atoms with E-state index in [0.29, 0.717) is 5.17 Å². The number of amides is 1. The van der Waals surface area contributed by atoms with Crippen molar-refractivity contribution in [2.24, 2.45) is 0 Å². The maximum atomic E-state index is 11.4. The van der Waals surface area contributed by atoms with E-state index in [1.165, 1.54) is 6.92 Å². The topological polar surface area (TPSA) is 90.3 Å². The standard InChI is InChI=1S/C7H14N3O4/c1-6-7(13)8(2-4-11)9(3-5-12)10(6)14/h6,11-12H,2-5H2,1H3/q-1. The third kappa shape index (κ3) is 1.86.